The van der Waals surface area contributed by atoms with Crippen LogP contribution in [0.15, 0.2) is 42.6 Å². The van der Waals surface area contributed by atoms with Crippen LogP contribution in [0.2, 0.25) is 0 Å². The standard InChI is InChI=1S/C19H18N6O/c1-3-14-15-10-20-23-17(15)9-8-16(14)21-19-22-18(24-25(19)2)13-6-4-12(11-26)5-7-13/h4-11H,3H2,1-2H3,(H,20,23)(H,21,22,24). The highest BCUT2D eigenvalue weighted by molar-refractivity contribution is 5.87. The van der Waals surface area contributed by atoms with Crippen molar-refractivity contribution in [3.05, 3.63) is 53.7 Å². The van der Waals surface area contributed by atoms with Crippen LogP contribution in [0.4, 0.5) is 11.6 Å². The zero-order valence-electron chi connectivity index (χ0n) is 14.5. The second kappa shape index (κ2) is 6.44. The number of carbonyl (C=O) groups excluding carboxylic acids is 1. The molecular weight excluding hydrogens is 328 g/mol. The summed E-state index contributed by atoms with van der Waals surface area (Å²) in [6.07, 6.45) is 3.54. The second-order valence-electron chi connectivity index (χ2n) is 6.02. The number of carbonyl (C=O) groups is 1. The van der Waals surface area contributed by atoms with Gasteiger partial charge in [0.25, 0.3) is 0 Å². The van der Waals surface area contributed by atoms with Crippen LogP contribution in [0.5, 0.6) is 0 Å². The molecule has 0 aliphatic rings. The fourth-order valence-corrected chi connectivity index (χ4v) is 3.02. The van der Waals surface area contributed by atoms with Crippen molar-refractivity contribution in [1.29, 1.82) is 0 Å². The molecule has 0 amide bonds. The molecule has 130 valence electrons. The lowest BCUT2D eigenvalue weighted by molar-refractivity contribution is 0.112. The van der Waals surface area contributed by atoms with Crippen molar-refractivity contribution >= 4 is 28.8 Å². The number of aromatic amines is 1. The third-order valence-corrected chi connectivity index (χ3v) is 4.40. The second-order valence-corrected chi connectivity index (χ2v) is 6.02. The Kier molecular flexibility index (Phi) is 3.96. The number of aromatic nitrogens is 5. The molecule has 0 unspecified atom stereocenters. The van der Waals surface area contributed by atoms with E-state index in [-0.39, 0.29) is 0 Å². The SMILES string of the molecule is CCc1c(Nc2nc(-c3ccc(C=O)cc3)nn2C)ccc2[nH]ncc12. The quantitative estimate of drug-likeness (QED) is 0.540. The van der Waals surface area contributed by atoms with Crippen LogP contribution in [0.1, 0.15) is 22.8 Å². The molecule has 0 atom stereocenters. The number of aryl methyl sites for hydroxylation is 2. The maximum absolute atomic E-state index is 10.8. The zero-order valence-corrected chi connectivity index (χ0v) is 14.5. The van der Waals surface area contributed by atoms with Crippen LogP contribution in [0.25, 0.3) is 22.3 Å². The van der Waals surface area contributed by atoms with E-state index in [1.807, 2.05) is 37.5 Å². The van der Waals surface area contributed by atoms with E-state index in [4.69, 9.17) is 0 Å². The third kappa shape index (κ3) is 2.73. The third-order valence-electron chi connectivity index (χ3n) is 4.40. The van der Waals surface area contributed by atoms with E-state index < -0.39 is 0 Å². The van der Waals surface area contributed by atoms with Gasteiger partial charge in [-0.2, -0.15) is 10.1 Å². The van der Waals surface area contributed by atoms with Gasteiger partial charge in [0.1, 0.15) is 6.29 Å². The van der Waals surface area contributed by atoms with Gasteiger partial charge in [0, 0.05) is 29.2 Å². The maximum atomic E-state index is 10.8. The first-order chi connectivity index (χ1) is 12.7. The molecule has 4 rings (SSSR count). The lowest BCUT2D eigenvalue weighted by Gasteiger charge is -2.10. The lowest BCUT2D eigenvalue weighted by atomic mass is 10.1. The first kappa shape index (κ1) is 16.0. The van der Waals surface area contributed by atoms with Crippen LogP contribution in [-0.2, 0) is 13.5 Å². The molecular formula is C19H18N6O. The van der Waals surface area contributed by atoms with Gasteiger partial charge in [0.05, 0.1) is 11.7 Å². The van der Waals surface area contributed by atoms with E-state index >= 15 is 0 Å². The normalized spacial score (nSPS) is 11.0. The predicted molar refractivity (Wildman–Crippen MR) is 101 cm³/mol. The minimum Gasteiger partial charge on any atom is -0.324 e. The van der Waals surface area contributed by atoms with Crippen LogP contribution in [0.3, 0.4) is 0 Å². The van der Waals surface area contributed by atoms with E-state index in [0.717, 1.165) is 34.9 Å². The van der Waals surface area contributed by atoms with Gasteiger partial charge in [-0.1, -0.05) is 31.2 Å². The summed E-state index contributed by atoms with van der Waals surface area (Å²) in [6.45, 7) is 2.11. The van der Waals surface area contributed by atoms with Gasteiger partial charge in [-0.15, -0.1) is 5.10 Å². The van der Waals surface area contributed by atoms with Crippen molar-refractivity contribution in [3.63, 3.8) is 0 Å². The summed E-state index contributed by atoms with van der Waals surface area (Å²) in [7, 11) is 1.85. The molecule has 7 nitrogen and oxygen atoms in total. The van der Waals surface area contributed by atoms with Crippen molar-refractivity contribution < 1.29 is 4.79 Å². The lowest BCUT2D eigenvalue weighted by Crippen LogP contribution is -2.02. The van der Waals surface area contributed by atoms with Gasteiger partial charge < -0.3 is 5.32 Å². The molecule has 2 heterocycles. The Labute approximate surface area is 150 Å². The highest BCUT2D eigenvalue weighted by atomic mass is 16.1. The first-order valence-electron chi connectivity index (χ1n) is 8.38. The van der Waals surface area contributed by atoms with Crippen molar-refractivity contribution in [3.8, 4) is 11.4 Å². The highest BCUT2D eigenvalue weighted by Gasteiger charge is 2.13. The summed E-state index contributed by atoms with van der Waals surface area (Å²) in [5.74, 6) is 1.26. The van der Waals surface area contributed by atoms with Gasteiger partial charge >= 0.3 is 0 Å². The summed E-state index contributed by atoms with van der Waals surface area (Å²) < 4.78 is 1.71. The molecule has 0 bridgehead atoms. The van der Waals surface area contributed by atoms with Crippen LogP contribution < -0.4 is 5.32 Å². The number of rotatable bonds is 5. The number of nitrogens with one attached hydrogen (secondary N) is 2. The molecule has 2 aromatic heterocycles. The fourth-order valence-electron chi connectivity index (χ4n) is 3.02. The van der Waals surface area contributed by atoms with E-state index in [1.165, 1.54) is 5.56 Å². The highest BCUT2D eigenvalue weighted by Crippen LogP contribution is 2.28. The molecule has 2 aromatic carbocycles. The number of nitrogens with zero attached hydrogens (tertiary/aromatic N) is 4. The molecule has 7 heteroatoms. The van der Waals surface area contributed by atoms with Gasteiger partial charge in [0.15, 0.2) is 5.82 Å². The molecule has 0 saturated heterocycles. The smallest absolute Gasteiger partial charge is 0.225 e. The Bertz CT molecular complexity index is 1080. The van der Waals surface area contributed by atoms with Crippen LogP contribution in [0, 0.1) is 0 Å². The molecule has 0 aliphatic heterocycles. The number of fused-ring (bicyclic) bond motifs is 1. The Morgan fingerprint density at radius 2 is 2.00 bits per heavy atom. The summed E-state index contributed by atoms with van der Waals surface area (Å²) in [5.41, 5.74) is 4.67. The minimum atomic E-state index is 0.606. The van der Waals surface area contributed by atoms with Crippen molar-refractivity contribution in [2.75, 3.05) is 5.32 Å². The molecule has 26 heavy (non-hydrogen) atoms. The Morgan fingerprint density at radius 3 is 2.73 bits per heavy atom. The Hall–Kier alpha value is -3.48. The first-order valence-corrected chi connectivity index (χ1v) is 8.38. The number of hydrogen-bond acceptors (Lipinski definition) is 5. The largest absolute Gasteiger partial charge is 0.324 e. The molecule has 0 fully saturated rings. The molecule has 0 radical (unpaired) electrons. The van der Waals surface area contributed by atoms with Crippen LogP contribution in [-0.4, -0.2) is 31.2 Å². The summed E-state index contributed by atoms with van der Waals surface area (Å²) in [6, 6.07) is 11.2. The van der Waals surface area contributed by atoms with Gasteiger partial charge in [-0.3, -0.25) is 9.89 Å². The van der Waals surface area contributed by atoms with Gasteiger partial charge in [0.2, 0.25) is 5.95 Å². The minimum absolute atomic E-state index is 0.606. The summed E-state index contributed by atoms with van der Waals surface area (Å²) >= 11 is 0. The zero-order chi connectivity index (χ0) is 18.1. The molecule has 0 saturated carbocycles. The number of H-pyrrole nitrogens is 1. The topological polar surface area (TPSA) is 88.5 Å². The average Bonchev–Trinajstić information content (AvgIpc) is 3.28. The van der Waals surface area contributed by atoms with Crippen LogP contribution >= 0.6 is 0 Å². The summed E-state index contributed by atoms with van der Waals surface area (Å²) in [5, 5.41) is 16.1. The number of anilines is 2. The Morgan fingerprint density at radius 1 is 1.19 bits per heavy atom. The van der Waals surface area contributed by atoms with Crippen molar-refractivity contribution in [2.24, 2.45) is 7.05 Å². The number of hydrogen-bond donors (Lipinski definition) is 2. The number of aldehydes is 1. The average molecular weight is 346 g/mol. The number of benzene rings is 2. The van der Waals surface area contributed by atoms with Gasteiger partial charge in [-0.25, -0.2) is 4.68 Å². The molecule has 0 spiro atoms. The van der Waals surface area contributed by atoms with E-state index in [2.05, 4.69) is 32.5 Å². The monoisotopic (exact) mass is 346 g/mol. The molecule has 2 N–H and O–H groups in total. The fraction of sp³-hybridized carbons (Fsp3) is 0.158. The summed E-state index contributed by atoms with van der Waals surface area (Å²) in [4.78, 5) is 15.4. The van der Waals surface area contributed by atoms with Crippen molar-refractivity contribution in [1.82, 2.24) is 25.0 Å². The van der Waals surface area contributed by atoms with E-state index in [1.54, 1.807) is 16.8 Å². The van der Waals surface area contributed by atoms with E-state index in [9.17, 15) is 4.79 Å². The molecule has 0 aliphatic carbocycles. The Balaban J connectivity index is 1.69. The van der Waals surface area contributed by atoms with E-state index in [0.29, 0.717) is 17.3 Å². The van der Waals surface area contributed by atoms with Gasteiger partial charge in [-0.05, 0) is 24.1 Å². The maximum Gasteiger partial charge on any atom is 0.225 e. The predicted octanol–water partition coefficient (Wildman–Crippen LogP) is 3.48. The molecule has 4 aromatic rings. The van der Waals surface area contributed by atoms with Crippen molar-refractivity contribution in [2.45, 2.75) is 13.3 Å².